The van der Waals surface area contributed by atoms with E-state index in [1.54, 1.807) is 13.8 Å². The van der Waals surface area contributed by atoms with Crippen LogP contribution in [0.25, 0.3) is 11.2 Å². The Labute approximate surface area is 95.3 Å². The average molecular weight is 247 g/mol. The van der Waals surface area contributed by atoms with Crippen molar-refractivity contribution in [3.8, 4) is 0 Å². The Bertz CT molecular complexity index is 523. The molecule has 0 aliphatic carbocycles. The van der Waals surface area contributed by atoms with E-state index in [9.17, 15) is 8.78 Å². The normalized spacial score (nSPS) is 11.9. The van der Waals surface area contributed by atoms with Crippen LogP contribution in [0.15, 0.2) is 6.33 Å². The Morgan fingerprint density at radius 3 is 2.56 bits per heavy atom. The standard InChI is InChI=1S/C9H9ClF2N4/c1-4(2)16-8-5(6(10)13-3-14-8)15-9(16)7(11)12/h3-4,7H,1-2H3. The lowest BCUT2D eigenvalue weighted by atomic mass is 10.4. The number of alkyl halides is 2. The number of nitrogens with zero attached hydrogens (tertiary/aromatic N) is 4. The van der Waals surface area contributed by atoms with E-state index in [-0.39, 0.29) is 22.5 Å². The Kier molecular flexibility index (Phi) is 2.75. The van der Waals surface area contributed by atoms with Crippen LogP contribution in [0.5, 0.6) is 0 Å². The number of hydrogen-bond acceptors (Lipinski definition) is 3. The number of hydrogen-bond donors (Lipinski definition) is 0. The van der Waals surface area contributed by atoms with Crippen molar-refractivity contribution >= 4 is 22.8 Å². The quantitative estimate of drug-likeness (QED) is 0.765. The molecular weight excluding hydrogens is 238 g/mol. The van der Waals surface area contributed by atoms with Gasteiger partial charge >= 0.3 is 0 Å². The highest BCUT2D eigenvalue weighted by Gasteiger charge is 2.22. The van der Waals surface area contributed by atoms with Gasteiger partial charge in [-0.1, -0.05) is 11.6 Å². The van der Waals surface area contributed by atoms with E-state index in [2.05, 4.69) is 15.0 Å². The molecule has 0 saturated carbocycles. The number of halogens is 3. The van der Waals surface area contributed by atoms with Crippen LogP contribution < -0.4 is 0 Å². The molecule has 0 atom stereocenters. The first-order chi connectivity index (χ1) is 7.52. The van der Waals surface area contributed by atoms with Crippen molar-refractivity contribution in [2.75, 3.05) is 0 Å². The van der Waals surface area contributed by atoms with Crippen molar-refractivity contribution in [2.24, 2.45) is 0 Å². The second kappa shape index (κ2) is 3.93. The van der Waals surface area contributed by atoms with E-state index < -0.39 is 6.43 Å². The van der Waals surface area contributed by atoms with Gasteiger partial charge in [0.05, 0.1) is 0 Å². The fraction of sp³-hybridized carbons (Fsp3) is 0.444. The van der Waals surface area contributed by atoms with Gasteiger partial charge in [0.15, 0.2) is 16.6 Å². The topological polar surface area (TPSA) is 43.6 Å². The zero-order valence-electron chi connectivity index (χ0n) is 8.65. The number of aromatic nitrogens is 4. The molecule has 2 rings (SSSR count). The van der Waals surface area contributed by atoms with Crippen molar-refractivity contribution in [3.05, 3.63) is 17.3 Å². The van der Waals surface area contributed by atoms with Gasteiger partial charge in [-0.25, -0.2) is 23.7 Å². The minimum absolute atomic E-state index is 0.0892. The van der Waals surface area contributed by atoms with Crippen LogP contribution in [0.2, 0.25) is 5.15 Å². The van der Waals surface area contributed by atoms with Crippen LogP contribution in [-0.2, 0) is 0 Å². The summed E-state index contributed by atoms with van der Waals surface area (Å²) in [5, 5.41) is 0.0892. The summed E-state index contributed by atoms with van der Waals surface area (Å²) < 4.78 is 26.9. The number of imidazole rings is 1. The molecule has 0 saturated heterocycles. The van der Waals surface area contributed by atoms with Gasteiger partial charge < -0.3 is 4.57 Å². The van der Waals surface area contributed by atoms with Gasteiger partial charge in [0.25, 0.3) is 6.43 Å². The second-order valence-electron chi connectivity index (χ2n) is 3.57. The Hall–Kier alpha value is -1.30. The lowest BCUT2D eigenvalue weighted by Crippen LogP contribution is -2.07. The lowest BCUT2D eigenvalue weighted by molar-refractivity contribution is 0.134. The zero-order chi connectivity index (χ0) is 11.9. The Morgan fingerprint density at radius 2 is 2.00 bits per heavy atom. The van der Waals surface area contributed by atoms with Crippen molar-refractivity contribution in [2.45, 2.75) is 26.3 Å². The zero-order valence-corrected chi connectivity index (χ0v) is 9.41. The highest BCUT2D eigenvalue weighted by atomic mass is 35.5. The van der Waals surface area contributed by atoms with Crippen LogP contribution in [-0.4, -0.2) is 19.5 Å². The molecule has 0 spiro atoms. The van der Waals surface area contributed by atoms with E-state index >= 15 is 0 Å². The van der Waals surface area contributed by atoms with E-state index in [4.69, 9.17) is 11.6 Å². The maximum atomic E-state index is 12.8. The summed E-state index contributed by atoms with van der Waals surface area (Å²) in [5.41, 5.74) is 0.554. The first-order valence-electron chi connectivity index (χ1n) is 4.69. The number of fused-ring (bicyclic) bond motifs is 1. The van der Waals surface area contributed by atoms with Gasteiger partial charge in [-0.2, -0.15) is 0 Å². The first kappa shape index (κ1) is 11.2. The summed E-state index contributed by atoms with van der Waals surface area (Å²) >= 11 is 5.78. The van der Waals surface area contributed by atoms with E-state index in [1.165, 1.54) is 10.9 Å². The molecule has 2 heterocycles. The van der Waals surface area contributed by atoms with Crippen molar-refractivity contribution in [3.63, 3.8) is 0 Å². The van der Waals surface area contributed by atoms with Gasteiger partial charge in [0.2, 0.25) is 0 Å². The third-order valence-corrected chi connectivity index (χ3v) is 2.45. The Morgan fingerprint density at radius 1 is 1.31 bits per heavy atom. The highest BCUT2D eigenvalue weighted by molar-refractivity contribution is 6.33. The molecule has 0 aliphatic heterocycles. The molecule has 0 radical (unpaired) electrons. The molecule has 2 aromatic heterocycles. The summed E-state index contributed by atoms with van der Waals surface area (Å²) in [6, 6.07) is -0.167. The molecule has 0 unspecified atom stereocenters. The van der Waals surface area contributed by atoms with Crippen LogP contribution in [0.1, 0.15) is 32.1 Å². The minimum Gasteiger partial charge on any atom is -0.305 e. The van der Waals surface area contributed by atoms with Crippen LogP contribution in [0, 0.1) is 0 Å². The average Bonchev–Trinajstić information content (AvgIpc) is 2.58. The van der Waals surface area contributed by atoms with Crippen molar-refractivity contribution in [1.29, 1.82) is 0 Å². The summed E-state index contributed by atoms with van der Waals surface area (Å²) in [7, 11) is 0. The fourth-order valence-electron chi connectivity index (χ4n) is 1.56. The molecule has 0 aliphatic rings. The predicted molar refractivity (Wildman–Crippen MR) is 55.7 cm³/mol. The van der Waals surface area contributed by atoms with Crippen LogP contribution >= 0.6 is 11.6 Å². The van der Waals surface area contributed by atoms with Gasteiger partial charge in [0.1, 0.15) is 11.8 Å². The molecule has 0 fully saturated rings. The summed E-state index contributed by atoms with van der Waals surface area (Å²) in [6.07, 6.45) is -1.42. The lowest BCUT2D eigenvalue weighted by Gasteiger charge is -2.11. The maximum Gasteiger partial charge on any atom is 0.295 e. The monoisotopic (exact) mass is 246 g/mol. The molecule has 86 valence electrons. The SMILES string of the molecule is CC(C)n1c(C(F)F)nc2c(Cl)ncnc21. The molecule has 0 aromatic carbocycles. The van der Waals surface area contributed by atoms with E-state index in [0.29, 0.717) is 5.65 Å². The molecule has 0 bridgehead atoms. The van der Waals surface area contributed by atoms with Gasteiger partial charge in [-0.3, -0.25) is 0 Å². The largest absolute Gasteiger partial charge is 0.305 e. The van der Waals surface area contributed by atoms with Crippen LogP contribution in [0.4, 0.5) is 8.78 Å². The number of rotatable bonds is 2. The van der Waals surface area contributed by atoms with Gasteiger partial charge in [-0.05, 0) is 13.8 Å². The minimum atomic E-state index is -2.66. The third-order valence-electron chi connectivity index (χ3n) is 2.17. The highest BCUT2D eigenvalue weighted by Crippen LogP contribution is 2.28. The summed E-state index contributed by atoms with van der Waals surface area (Å²) in [5.74, 6) is -0.326. The van der Waals surface area contributed by atoms with Gasteiger partial charge in [-0.15, -0.1) is 0 Å². The van der Waals surface area contributed by atoms with Crippen molar-refractivity contribution < 1.29 is 8.78 Å². The maximum absolute atomic E-state index is 12.8. The summed E-state index contributed by atoms with van der Waals surface area (Å²) in [4.78, 5) is 11.4. The van der Waals surface area contributed by atoms with Crippen molar-refractivity contribution in [1.82, 2.24) is 19.5 Å². The first-order valence-corrected chi connectivity index (χ1v) is 5.06. The van der Waals surface area contributed by atoms with Crippen LogP contribution in [0.3, 0.4) is 0 Å². The molecule has 16 heavy (non-hydrogen) atoms. The molecule has 7 heteroatoms. The Balaban J connectivity index is 2.81. The fourth-order valence-corrected chi connectivity index (χ4v) is 1.73. The predicted octanol–water partition coefficient (Wildman–Crippen LogP) is 3.00. The smallest absolute Gasteiger partial charge is 0.295 e. The molecule has 0 N–H and O–H groups in total. The third kappa shape index (κ3) is 1.63. The molecule has 4 nitrogen and oxygen atoms in total. The molecular formula is C9H9ClF2N4. The van der Waals surface area contributed by atoms with E-state index in [1.807, 2.05) is 0 Å². The molecule has 0 amide bonds. The molecule has 2 aromatic rings. The van der Waals surface area contributed by atoms with Gasteiger partial charge in [0, 0.05) is 6.04 Å². The van der Waals surface area contributed by atoms with E-state index in [0.717, 1.165) is 0 Å². The second-order valence-corrected chi connectivity index (χ2v) is 3.93. The summed E-state index contributed by atoms with van der Waals surface area (Å²) in [6.45, 7) is 3.56.